The number of fused-ring (bicyclic) bond motifs is 1. The van der Waals surface area contributed by atoms with Gasteiger partial charge in [0.2, 0.25) is 0 Å². The molecule has 1 aromatic carbocycles. The number of hydrogen-bond donors (Lipinski definition) is 2. The van der Waals surface area contributed by atoms with Gasteiger partial charge in [0.15, 0.2) is 0 Å². The molecule has 1 unspecified atom stereocenters. The van der Waals surface area contributed by atoms with E-state index in [4.69, 9.17) is 0 Å². The molecule has 0 aliphatic carbocycles. The highest BCUT2D eigenvalue weighted by molar-refractivity contribution is 6.04. The van der Waals surface area contributed by atoms with Crippen molar-refractivity contribution in [1.82, 2.24) is 20.6 Å². The van der Waals surface area contributed by atoms with Crippen LogP contribution in [0.15, 0.2) is 24.5 Å². The molecule has 1 saturated heterocycles. The second-order valence-electron chi connectivity index (χ2n) is 5.30. The van der Waals surface area contributed by atoms with Gasteiger partial charge in [0.05, 0.1) is 11.1 Å². The molecular formula is C15H19Cl2FN4O. The smallest absolute Gasteiger partial charge is 0.253 e. The van der Waals surface area contributed by atoms with Gasteiger partial charge in [-0.2, -0.15) is 0 Å². The van der Waals surface area contributed by atoms with Crippen LogP contribution in [0, 0.1) is 11.7 Å². The highest BCUT2D eigenvalue weighted by atomic mass is 35.5. The average molecular weight is 361 g/mol. The zero-order chi connectivity index (χ0) is 14.7. The summed E-state index contributed by atoms with van der Waals surface area (Å²) >= 11 is 0. The molecule has 1 atom stereocenters. The molecule has 8 heteroatoms. The number of halogens is 3. The van der Waals surface area contributed by atoms with Crippen LogP contribution in [0.1, 0.15) is 23.2 Å². The van der Waals surface area contributed by atoms with Gasteiger partial charge >= 0.3 is 0 Å². The maximum atomic E-state index is 13.6. The number of carbonyl (C=O) groups excluding carboxylic acids is 1. The summed E-state index contributed by atoms with van der Waals surface area (Å²) in [5.74, 6) is -0.355. The lowest BCUT2D eigenvalue weighted by molar-refractivity contribution is 0.0946. The minimum Gasteiger partial charge on any atom is -0.352 e. The van der Waals surface area contributed by atoms with E-state index in [2.05, 4.69) is 20.6 Å². The molecule has 1 aliphatic heterocycles. The number of hydrogen-bond acceptors (Lipinski definition) is 4. The maximum Gasteiger partial charge on any atom is 0.253 e. The summed E-state index contributed by atoms with van der Waals surface area (Å²) in [7, 11) is 0. The highest BCUT2D eigenvalue weighted by Crippen LogP contribution is 2.17. The fraction of sp³-hybridized carbons (Fsp3) is 0.400. The first-order valence-corrected chi connectivity index (χ1v) is 7.13. The standard InChI is InChI=1S/C15H17FN4O.2ClH/c16-11-6-12(14-13(7-11)18-4-5-19-14)15(21)20-9-10-2-1-3-17-8-10;;/h4-7,10,17H,1-3,8-9H2,(H,20,21);2*1H. The quantitative estimate of drug-likeness (QED) is 0.881. The first-order valence-electron chi connectivity index (χ1n) is 7.13. The monoisotopic (exact) mass is 360 g/mol. The molecule has 2 N–H and O–H groups in total. The fourth-order valence-electron chi connectivity index (χ4n) is 2.64. The highest BCUT2D eigenvalue weighted by Gasteiger charge is 2.17. The Morgan fingerprint density at radius 2 is 2.09 bits per heavy atom. The van der Waals surface area contributed by atoms with Crippen LogP contribution in [0.2, 0.25) is 0 Å². The van der Waals surface area contributed by atoms with E-state index in [9.17, 15) is 9.18 Å². The molecule has 1 aromatic heterocycles. The van der Waals surface area contributed by atoms with Gasteiger partial charge in [0.1, 0.15) is 11.3 Å². The number of amides is 1. The molecule has 2 aromatic rings. The maximum absolute atomic E-state index is 13.6. The average Bonchev–Trinajstić information content (AvgIpc) is 2.52. The first-order chi connectivity index (χ1) is 10.2. The van der Waals surface area contributed by atoms with E-state index in [0.717, 1.165) is 25.9 Å². The van der Waals surface area contributed by atoms with Crippen molar-refractivity contribution in [2.75, 3.05) is 19.6 Å². The third-order valence-electron chi connectivity index (χ3n) is 3.73. The third-order valence-corrected chi connectivity index (χ3v) is 3.73. The predicted molar refractivity (Wildman–Crippen MR) is 91.9 cm³/mol. The lowest BCUT2D eigenvalue weighted by atomic mass is 9.99. The summed E-state index contributed by atoms with van der Waals surface area (Å²) in [4.78, 5) is 20.5. The Kier molecular flexibility index (Phi) is 7.61. The van der Waals surface area contributed by atoms with Crippen molar-refractivity contribution in [2.24, 2.45) is 5.92 Å². The van der Waals surface area contributed by atoms with E-state index in [-0.39, 0.29) is 36.3 Å². The Balaban J connectivity index is 0.00000132. The van der Waals surface area contributed by atoms with E-state index >= 15 is 0 Å². The number of benzene rings is 1. The van der Waals surface area contributed by atoms with Crippen molar-refractivity contribution < 1.29 is 9.18 Å². The summed E-state index contributed by atoms with van der Waals surface area (Å²) in [5.41, 5.74) is 1.06. The zero-order valence-electron chi connectivity index (χ0n) is 12.4. The van der Waals surface area contributed by atoms with Crippen LogP contribution in [-0.4, -0.2) is 35.5 Å². The summed E-state index contributed by atoms with van der Waals surface area (Å²) < 4.78 is 13.6. The molecular weight excluding hydrogens is 342 g/mol. The van der Waals surface area contributed by atoms with Gasteiger partial charge in [-0.1, -0.05) is 0 Å². The Morgan fingerprint density at radius 3 is 2.83 bits per heavy atom. The summed E-state index contributed by atoms with van der Waals surface area (Å²) in [6.45, 7) is 2.53. The van der Waals surface area contributed by atoms with Crippen molar-refractivity contribution >= 4 is 41.8 Å². The molecule has 1 aliphatic rings. The summed E-state index contributed by atoms with van der Waals surface area (Å²) in [6.07, 6.45) is 5.20. The molecule has 2 heterocycles. The Morgan fingerprint density at radius 1 is 1.30 bits per heavy atom. The second-order valence-corrected chi connectivity index (χ2v) is 5.30. The minimum absolute atomic E-state index is 0. The number of aromatic nitrogens is 2. The van der Waals surface area contributed by atoms with Crippen LogP contribution in [0.3, 0.4) is 0 Å². The molecule has 0 spiro atoms. The van der Waals surface area contributed by atoms with Crippen molar-refractivity contribution in [3.05, 3.63) is 35.9 Å². The molecule has 0 saturated carbocycles. The lowest BCUT2D eigenvalue weighted by Gasteiger charge is -2.22. The molecule has 0 bridgehead atoms. The van der Waals surface area contributed by atoms with E-state index in [1.807, 2.05) is 0 Å². The van der Waals surface area contributed by atoms with Crippen LogP contribution >= 0.6 is 24.8 Å². The van der Waals surface area contributed by atoms with Crippen molar-refractivity contribution in [1.29, 1.82) is 0 Å². The zero-order valence-corrected chi connectivity index (χ0v) is 14.1. The lowest BCUT2D eigenvalue weighted by Crippen LogP contribution is -2.38. The van der Waals surface area contributed by atoms with Crippen molar-refractivity contribution in [3.63, 3.8) is 0 Å². The van der Waals surface area contributed by atoms with Crippen molar-refractivity contribution in [3.8, 4) is 0 Å². The predicted octanol–water partition coefficient (Wildman–Crippen LogP) is 2.34. The van der Waals surface area contributed by atoms with Crippen LogP contribution in [0.4, 0.5) is 4.39 Å². The van der Waals surface area contributed by atoms with E-state index in [0.29, 0.717) is 23.5 Å². The Labute approximate surface area is 146 Å². The molecule has 1 fully saturated rings. The molecule has 3 rings (SSSR count). The largest absolute Gasteiger partial charge is 0.352 e. The van der Waals surface area contributed by atoms with Gasteiger partial charge in [0, 0.05) is 25.0 Å². The normalized spacial score (nSPS) is 17.0. The van der Waals surface area contributed by atoms with Crippen LogP contribution in [0.25, 0.3) is 11.0 Å². The van der Waals surface area contributed by atoms with E-state index < -0.39 is 5.82 Å². The molecule has 5 nitrogen and oxygen atoms in total. The Bertz CT molecular complexity index is 665. The summed E-state index contributed by atoms with van der Waals surface area (Å²) in [5, 5.41) is 6.18. The number of rotatable bonds is 3. The van der Waals surface area contributed by atoms with E-state index in [1.165, 1.54) is 24.5 Å². The van der Waals surface area contributed by atoms with Gasteiger partial charge in [-0.25, -0.2) is 4.39 Å². The number of nitrogens with zero attached hydrogens (tertiary/aromatic N) is 2. The topological polar surface area (TPSA) is 66.9 Å². The second kappa shape index (κ2) is 8.96. The summed E-state index contributed by atoms with van der Waals surface area (Å²) in [6, 6.07) is 2.50. The van der Waals surface area contributed by atoms with E-state index in [1.54, 1.807) is 0 Å². The van der Waals surface area contributed by atoms with Crippen LogP contribution < -0.4 is 10.6 Å². The SMILES string of the molecule is Cl.Cl.O=C(NCC1CCCNC1)c1cc(F)cc2nccnc12. The van der Waals surface area contributed by atoms with Crippen LogP contribution in [0.5, 0.6) is 0 Å². The first kappa shape index (κ1) is 19.5. The minimum atomic E-state index is -0.479. The molecule has 126 valence electrons. The molecule has 23 heavy (non-hydrogen) atoms. The van der Waals surface area contributed by atoms with Gasteiger partial charge in [0.25, 0.3) is 5.91 Å². The fourth-order valence-corrected chi connectivity index (χ4v) is 2.64. The van der Waals surface area contributed by atoms with Gasteiger partial charge in [-0.15, -0.1) is 24.8 Å². The van der Waals surface area contributed by atoms with Gasteiger partial charge < -0.3 is 10.6 Å². The number of carbonyl (C=O) groups is 1. The Hall–Kier alpha value is -1.50. The number of nitrogens with one attached hydrogen (secondary N) is 2. The van der Waals surface area contributed by atoms with Gasteiger partial charge in [-0.3, -0.25) is 14.8 Å². The number of piperidine rings is 1. The molecule has 0 radical (unpaired) electrons. The van der Waals surface area contributed by atoms with Gasteiger partial charge in [-0.05, 0) is 37.9 Å². The molecule has 1 amide bonds. The van der Waals surface area contributed by atoms with Crippen molar-refractivity contribution in [2.45, 2.75) is 12.8 Å². The van der Waals surface area contributed by atoms with Crippen LogP contribution in [-0.2, 0) is 0 Å². The third kappa shape index (κ3) is 4.73.